The molecule has 8 atom stereocenters. The summed E-state index contributed by atoms with van der Waals surface area (Å²) in [6, 6.07) is 0. The van der Waals surface area contributed by atoms with Gasteiger partial charge in [0.15, 0.2) is 18.6 Å². The molecule has 11 nitrogen and oxygen atoms in total. The predicted molar refractivity (Wildman–Crippen MR) is 138 cm³/mol. The molecule has 37 heavy (non-hydrogen) atoms. The van der Waals surface area contributed by atoms with Gasteiger partial charge < -0.3 is 35.0 Å². The van der Waals surface area contributed by atoms with E-state index in [0.29, 0.717) is 6.42 Å². The van der Waals surface area contributed by atoms with Crippen LogP contribution < -0.4 is 0 Å². The molecule has 6 N–H and O–H groups in total. The van der Waals surface area contributed by atoms with Crippen molar-refractivity contribution in [2.75, 3.05) is 13.2 Å². The third-order valence-electron chi connectivity index (χ3n) is 6.88. The van der Waals surface area contributed by atoms with E-state index in [1.54, 1.807) is 6.92 Å². The van der Waals surface area contributed by atoms with Crippen molar-refractivity contribution in [3.63, 3.8) is 0 Å². The molecule has 0 amide bonds. The summed E-state index contributed by atoms with van der Waals surface area (Å²) < 4.78 is 20.2. The Balaban J connectivity index is 2.25. The third-order valence-corrected chi connectivity index (χ3v) is 7.30. The van der Waals surface area contributed by atoms with Gasteiger partial charge in [-0.05, 0) is 6.42 Å². The Morgan fingerprint density at radius 1 is 0.865 bits per heavy atom. The Kier molecular flexibility index (Phi) is 20.5. The van der Waals surface area contributed by atoms with E-state index < -0.39 is 55.4 Å². The van der Waals surface area contributed by atoms with E-state index in [4.69, 9.17) is 18.9 Å². The summed E-state index contributed by atoms with van der Waals surface area (Å²) in [5, 5.41) is 62.6. The van der Waals surface area contributed by atoms with Gasteiger partial charge in [-0.2, -0.15) is 0 Å². The van der Waals surface area contributed by atoms with E-state index in [1.807, 2.05) is 0 Å². The van der Waals surface area contributed by atoms with Gasteiger partial charge >= 0.3 is 0 Å². The highest BCUT2D eigenvalue weighted by Crippen LogP contribution is 2.28. The van der Waals surface area contributed by atoms with Gasteiger partial charge in [0.1, 0.15) is 24.4 Å². The Morgan fingerprint density at radius 2 is 1.43 bits per heavy atom. The zero-order chi connectivity index (χ0) is 27.5. The van der Waals surface area contributed by atoms with Crippen molar-refractivity contribution >= 4 is 12.3 Å². The minimum atomic E-state index is -1.47. The highest BCUT2D eigenvalue weighted by molar-refractivity contribution is 7.89. The molecule has 5 unspecified atom stereocenters. The summed E-state index contributed by atoms with van der Waals surface area (Å²) >= 11 is 0.176. The lowest BCUT2D eigenvalue weighted by molar-refractivity contribution is -0.435. The first-order chi connectivity index (χ1) is 17.9. The van der Waals surface area contributed by atoms with Crippen LogP contribution in [0.1, 0.15) is 97.3 Å². The summed E-state index contributed by atoms with van der Waals surface area (Å²) in [5.74, 6) is -0.470. The maximum absolute atomic E-state index is 10.5. The van der Waals surface area contributed by atoms with Crippen LogP contribution in [0.15, 0.2) is 0 Å². The summed E-state index contributed by atoms with van der Waals surface area (Å²) in [5.41, 5.74) is 0. The highest BCUT2D eigenvalue weighted by Gasteiger charge is 2.46. The minimum absolute atomic E-state index is 0.0528. The fraction of sp³-hybridized carbons (Fsp3) is 1.00. The highest BCUT2D eigenvalue weighted by atomic mass is 32.2. The van der Waals surface area contributed by atoms with Gasteiger partial charge in [-0.25, -0.2) is 5.26 Å². The zero-order valence-corrected chi connectivity index (χ0v) is 23.2. The van der Waals surface area contributed by atoms with Crippen LogP contribution in [-0.2, 0) is 23.0 Å². The lowest BCUT2D eigenvalue weighted by Crippen LogP contribution is -2.59. The third kappa shape index (κ3) is 14.2. The molecule has 12 heteroatoms. The van der Waals surface area contributed by atoms with Crippen LogP contribution in [0.25, 0.3) is 0 Å². The number of aliphatic hydroxyl groups excluding tert-OH is 5. The molecular formula is C25H50O11S. The van der Waals surface area contributed by atoms with E-state index in [2.05, 4.69) is 16.3 Å². The maximum atomic E-state index is 10.5. The molecule has 1 aliphatic rings. The predicted octanol–water partition coefficient (Wildman–Crippen LogP) is 3.26. The Labute approximate surface area is 225 Å². The lowest BCUT2D eigenvalue weighted by atomic mass is 9.96. The smallest absolute Gasteiger partial charge is 0.198 e. The Bertz CT molecular complexity index is 533. The van der Waals surface area contributed by atoms with Crippen LogP contribution in [0, 0.1) is 5.92 Å². The van der Waals surface area contributed by atoms with Crippen LogP contribution in [0.3, 0.4) is 0 Å². The maximum Gasteiger partial charge on any atom is 0.198 e. The van der Waals surface area contributed by atoms with Crippen LogP contribution in [0.4, 0.5) is 0 Å². The Hall–Kier alpha value is -0.0900. The van der Waals surface area contributed by atoms with E-state index >= 15 is 0 Å². The second-order valence-electron chi connectivity index (χ2n) is 10.0. The van der Waals surface area contributed by atoms with Crippen molar-refractivity contribution in [3.05, 3.63) is 0 Å². The van der Waals surface area contributed by atoms with E-state index in [0.717, 1.165) is 19.3 Å². The van der Waals surface area contributed by atoms with E-state index in [1.165, 1.54) is 57.8 Å². The fourth-order valence-electron chi connectivity index (χ4n) is 4.47. The number of ether oxygens (including phenoxy) is 2. The number of hydrogen-bond donors (Lipinski definition) is 6. The molecular weight excluding hydrogens is 508 g/mol. The first kappa shape index (κ1) is 34.9. The molecule has 0 aromatic heterocycles. The monoisotopic (exact) mass is 558 g/mol. The van der Waals surface area contributed by atoms with Crippen LogP contribution in [0.2, 0.25) is 0 Å². The normalized spacial score (nSPS) is 26.8. The van der Waals surface area contributed by atoms with Crippen molar-refractivity contribution in [1.82, 2.24) is 0 Å². The summed E-state index contributed by atoms with van der Waals surface area (Å²) in [6.45, 7) is 3.33. The van der Waals surface area contributed by atoms with Gasteiger partial charge in [-0.3, -0.25) is 4.18 Å². The summed E-state index contributed by atoms with van der Waals surface area (Å²) in [6.07, 6.45) is 6.74. The number of aliphatic hydroxyl groups is 5. The molecule has 0 aromatic carbocycles. The SMILES string of the molecule is CCCCCCCCCCCCCC[C@@H](O)[C@@H](O)[C@@H](C)COC1OC(CO)C(O)C(OSOOO)C1O. The van der Waals surface area contributed by atoms with Gasteiger partial charge in [0, 0.05) is 5.92 Å². The van der Waals surface area contributed by atoms with Crippen LogP contribution in [0.5, 0.6) is 0 Å². The van der Waals surface area contributed by atoms with Crippen LogP contribution in [-0.4, -0.2) is 86.9 Å². The molecule has 1 fully saturated rings. The van der Waals surface area contributed by atoms with Crippen molar-refractivity contribution < 1.29 is 53.8 Å². The van der Waals surface area contributed by atoms with Gasteiger partial charge in [0.2, 0.25) is 0 Å². The second kappa shape index (κ2) is 21.7. The molecule has 0 bridgehead atoms. The molecule has 0 radical (unpaired) electrons. The molecule has 1 heterocycles. The van der Waals surface area contributed by atoms with Gasteiger partial charge in [0.05, 0.1) is 25.4 Å². The van der Waals surface area contributed by atoms with Crippen molar-refractivity contribution in [3.8, 4) is 0 Å². The topological polar surface area (TPSA) is 168 Å². The number of rotatable bonds is 23. The summed E-state index contributed by atoms with van der Waals surface area (Å²) in [7, 11) is 0. The standard InChI is InChI=1S/C25H50O11S/c1-3-4-5-6-7-8-9-10-11-12-13-14-15-19(27)21(28)18(2)17-32-25-23(30)24(34-37-36-35-31)22(29)20(16-26)33-25/h18-31H,3-17H2,1-2H3/t18-,19+,20?,21-,22?,23?,24?,25?/m0/s1. The van der Waals surface area contributed by atoms with E-state index in [-0.39, 0.29) is 18.9 Å². The molecule has 0 aliphatic carbocycles. The van der Waals surface area contributed by atoms with Crippen molar-refractivity contribution in [2.24, 2.45) is 5.92 Å². The molecule has 1 saturated heterocycles. The largest absolute Gasteiger partial charge is 0.394 e. The quantitative estimate of drug-likeness (QED) is 0.0469. The molecule has 0 spiro atoms. The van der Waals surface area contributed by atoms with Gasteiger partial charge in [-0.15, -0.1) is 4.33 Å². The molecule has 0 aromatic rings. The van der Waals surface area contributed by atoms with Gasteiger partial charge in [0.25, 0.3) is 0 Å². The average Bonchev–Trinajstić information content (AvgIpc) is 2.90. The fourth-order valence-corrected chi connectivity index (χ4v) is 4.84. The van der Waals surface area contributed by atoms with E-state index in [9.17, 15) is 25.5 Å². The minimum Gasteiger partial charge on any atom is -0.394 e. The molecule has 222 valence electrons. The summed E-state index contributed by atoms with van der Waals surface area (Å²) in [4.78, 5) is 0. The average molecular weight is 559 g/mol. The van der Waals surface area contributed by atoms with Crippen molar-refractivity contribution in [2.45, 2.75) is 140 Å². The van der Waals surface area contributed by atoms with Gasteiger partial charge in [-0.1, -0.05) is 95.9 Å². The number of unbranched alkanes of at least 4 members (excludes halogenated alkanes) is 11. The molecule has 0 saturated carbocycles. The Morgan fingerprint density at radius 3 is 1.97 bits per heavy atom. The van der Waals surface area contributed by atoms with Crippen molar-refractivity contribution in [1.29, 1.82) is 0 Å². The number of hydrogen-bond acceptors (Lipinski definition) is 12. The molecule has 1 rings (SSSR count). The van der Waals surface area contributed by atoms with Crippen LogP contribution >= 0.6 is 12.3 Å². The first-order valence-electron chi connectivity index (χ1n) is 13.8. The first-order valence-corrected chi connectivity index (χ1v) is 14.4. The zero-order valence-electron chi connectivity index (χ0n) is 22.4. The molecule has 1 aliphatic heterocycles. The second-order valence-corrected chi connectivity index (χ2v) is 10.5. The lowest BCUT2D eigenvalue weighted by Gasteiger charge is -2.41.